The first-order valence-corrected chi connectivity index (χ1v) is 6.53. The second-order valence-corrected chi connectivity index (χ2v) is 5.05. The van der Waals surface area contributed by atoms with Gasteiger partial charge < -0.3 is 36.1 Å². The summed E-state index contributed by atoms with van der Waals surface area (Å²) in [6, 6.07) is 0. The number of aliphatic hydroxyl groups is 3. The van der Waals surface area contributed by atoms with Crippen LogP contribution in [0.1, 0.15) is 11.8 Å². The van der Waals surface area contributed by atoms with Crippen LogP contribution in [0.3, 0.4) is 0 Å². The molecule has 22 heavy (non-hydrogen) atoms. The minimum atomic E-state index is -1.27. The molecule has 3 rings (SSSR count). The normalized spacial score (nSPS) is 28.3. The van der Waals surface area contributed by atoms with Gasteiger partial charge in [-0.3, -0.25) is 5.41 Å². The Labute approximate surface area is 124 Å². The number of amidine groups is 1. The van der Waals surface area contributed by atoms with Crippen molar-refractivity contribution in [2.24, 2.45) is 5.73 Å². The van der Waals surface area contributed by atoms with Crippen molar-refractivity contribution in [1.82, 2.24) is 14.5 Å². The average Bonchev–Trinajstić information content (AvgIpc) is 3.00. The number of nitrogens with zero attached hydrogens (tertiary/aromatic N) is 3. The number of hydrogen-bond acceptors (Lipinski definition) is 8. The largest absolute Gasteiger partial charge is 0.394 e. The molecule has 1 saturated heterocycles. The molecule has 4 atom stereocenters. The van der Waals surface area contributed by atoms with Gasteiger partial charge in [-0.15, -0.1) is 0 Å². The Kier molecular flexibility index (Phi) is 3.45. The Morgan fingerprint density at radius 2 is 2.09 bits per heavy atom. The average molecular weight is 308 g/mol. The maximum Gasteiger partial charge on any atom is 0.164 e. The number of ether oxygens (including phenoxy) is 1. The van der Waals surface area contributed by atoms with E-state index in [-0.39, 0.29) is 11.7 Å². The number of fused-ring (bicyclic) bond motifs is 1. The molecule has 0 unspecified atom stereocenters. The Morgan fingerprint density at radius 3 is 2.68 bits per heavy atom. The number of aromatic nitrogens is 3. The molecule has 8 N–H and O–H groups in total. The van der Waals surface area contributed by atoms with Crippen LogP contribution < -0.4 is 11.5 Å². The lowest BCUT2D eigenvalue weighted by Gasteiger charge is -2.17. The highest BCUT2D eigenvalue weighted by molar-refractivity contribution is 6.09. The molecule has 0 radical (unpaired) electrons. The molecule has 0 aromatic carbocycles. The SMILES string of the molecule is N=C(N)c1cn([C@@H]2O[C@H](CO)[C@@H](O)[C@@H]2O)c2ncnc(N)c12. The van der Waals surface area contributed by atoms with Crippen LogP contribution in [0.5, 0.6) is 0 Å². The zero-order chi connectivity index (χ0) is 16.0. The fourth-order valence-corrected chi connectivity index (χ4v) is 2.62. The molecule has 0 amide bonds. The van der Waals surface area contributed by atoms with Crippen molar-refractivity contribution in [3.63, 3.8) is 0 Å². The summed E-state index contributed by atoms with van der Waals surface area (Å²) in [7, 11) is 0. The Balaban J connectivity index is 2.16. The predicted octanol–water partition coefficient (Wildman–Crippen LogP) is -2.09. The first-order valence-electron chi connectivity index (χ1n) is 6.53. The number of aliphatic hydroxyl groups excluding tert-OH is 3. The van der Waals surface area contributed by atoms with Crippen molar-refractivity contribution in [2.45, 2.75) is 24.5 Å². The van der Waals surface area contributed by atoms with Crippen molar-refractivity contribution < 1.29 is 20.1 Å². The van der Waals surface area contributed by atoms with Crippen LogP contribution in [0.25, 0.3) is 11.0 Å². The topological polar surface area (TPSA) is 177 Å². The maximum absolute atomic E-state index is 10.1. The first-order chi connectivity index (χ1) is 10.5. The summed E-state index contributed by atoms with van der Waals surface area (Å²) in [4.78, 5) is 7.95. The van der Waals surface area contributed by atoms with Crippen LogP contribution >= 0.6 is 0 Å². The highest BCUT2D eigenvalue weighted by atomic mass is 16.6. The third-order valence-electron chi connectivity index (χ3n) is 3.72. The smallest absolute Gasteiger partial charge is 0.164 e. The second-order valence-electron chi connectivity index (χ2n) is 5.05. The van der Waals surface area contributed by atoms with Crippen LogP contribution in [0, 0.1) is 5.41 Å². The number of nitrogens with two attached hydrogens (primary N) is 2. The Hall–Kier alpha value is -2.27. The number of nitrogen functional groups attached to an aromatic ring is 2. The van der Waals surface area contributed by atoms with E-state index in [9.17, 15) is 10.2 Å². The van der Waals surface area contributed by atoms with E-state index in [2.05, 4.69) is 9.97 Å². The van der Waals surface area contributed by atoms with E-state index in [4.69, 9.17) is 26.7 Å². The molecule has 0 bridgehead atoms. The highest BCUT2D eigenvalue weighted by Gasteiger charge is 2.44. The van der Waals surface area contributed by atoms with Gasteiger partial charge in [-0.2, -0.15) is 0 Å². The van der Waals surface area contributed by atoms with Crippen molar-refractivity contribution in [1.29, 1.82) is 5.41 Å². The predicted molar refractivity (Wildman–Crippen MR) is 76.0 cm³/mol. The quantitative estimate of drug-likeness (QED) is 0.276. The van der Waals surface area contributed by atoms with E-state index < -0.39 is 31.1 Å². The molecule has 2 aromatic rings. The third kappa shape index (κ3) is 2.01. The van der Waals surface area contributed by atoms with Crippen molar-refractivity contribution >= 4 is 22.7 Å². The van der Waals surface area contributed by atoms with Crippen LogP contribution in [0.2, 0.25) is 0 Å². The van der Waals surface area contributed by atoms with E-state index in [0.717, 1.165) is 0 Å². The minimum absolute atomic E-state index is 0.140. The molecule has 118 valence electrons. The Bertz CT molecular complexity index is 732. The van der Waals surface area contributed by atoms with E-state index in [1.807, 2.05) is 0 Å². The van der Waals surface area contributed by atoms with Gasteiger partial charge in [-0.1, -0.05) is 0 Å². The first kappa shape index (κ1) is 14.7. The molecular formula is C12H16N6O4. The third-order valence-corrected chi connectivity index (χ3v) is 3.72. The van der Waals surface area contributed by atoms with Gasteiger partial charge in [-0.05, 0) is 0 Å². The molecule has 0 saturated carbocycles. The van der Waals surface area contributed by atoms with Gasteiger partial charge in [0.25, 0.3) is 0 Å². The summed E-state index contributed by atoms with van der Waals surface area (Å²) in [6.45, 7) is -0.440. The minimum Gasteiger partial charge on any atom is -0.394 e. The van der Waals surface area contributed by atoms with Gasteiger partial charge in [-0.25, -0.2) is 9.97 Å². The zero-order valence-corrected chi connectivity index (χ0v) is 11.4. The molecule has 2 aromatic heterocycles. The van der Waals surface area contributed by atoms with E-state index in [1.165, 1.54) is 17.1 Å². The molecular weight excluding hydrogens is 292 g/mol. The standard InChI is InChI=1S/C12H16N6O4/c13-9(14)4-1-18(11-6(4)10(15)16-3-17-11)12-8(21)7(20)5(2-19)22-12/h1,3,5,7-8,12,19-21H,2H2,(H3,13,14)(H2,15,16,17)/t5-,7-,8+,12-/m1/s1. The molecule has 0 aliphatic carbocycles. The molecule has 1 aliphatic heterocycles. The molecule has 10 heteroatoms. The molecule has 1 fully saturated rings. The van der Waals surface area contributed by atoms with Gasteiger partial charge in [0.1, 0.15) is 41.9 Å². The van der Waals surface area contributed by atoms with Crippen LogP contribution in [-0.4, -0.2) is 60.6 Å². The van der Waals surface area contributed by atoms with Gasteiger partial charge in [0.15, 0.2) is 6.23 Å². The summed E-state index contributed by atoms with van der Waals surface area (Å²) >= 11 is 0. The van der Waals surface area contributed by atoms with Gasteiger partial charge in [0, 0.05) is 11.8 Å². The maximum atomic E-state index is 10.1. The lowest BCUT2D eigenvalue weighted by atomic mass is 10.1. The summed E-state index contributed by atoms with van der Waals surface area (Å²) in [5.74, 6) is -0.0994. The number of rotatable bonds is 3. The van der Waals surface area contributed by atoms with Crippen molar-refractivity contribution in [2.75, 3.05) is 12.3 Å². The number of nitrogens with one attached hydrogen (secondary N) is 1. The molecule has 1 aliphatic rings. The van der Waals surface area contributed by atoms with Crippen molar-refractivity contribution in [3.05, 3.63) is 18.1 Å². The van der Waals surface area contributed by atoms with E-state index in [0.29, 0.717) is 16.6 Å². The number of anilines is 1. The zero-order valence-electron chi connectivity index (χ0n) is 11.4. The Morgan fingerprint density at radius 1 is 1.36 bits per heavy atom. The van der Waals surface area contributed by atoms with Crippen LogP contribution in [-0.2, 0) is 4.74 Å². The fraction of sp³-hybridized carbons (Fsp3) is 0.417. The summed E-state index contributed by atoms with van der Waals surface area (Å²) in [5.41, 5.74) is 12.0. The van der Waals surface area contributed by atoms with E-state index in [1.54, 1.807) is 0 Å². The summed E-state index contributed by atoms with van der Waals surface area (Å²) in [5, 5.41) is 37.1. The van der Waals surface area contributed by atoms with Gasteiger partial charge in [0.2, 0.25) is 0 Å². The summed E-state index contributed by atoms with van der Waals surface area (Å²) in [6.07, 6.45) is -1.73. The molecule has 3 heterocycles. The fourth-order valence-electron chi connectivity index (χ4n) is 2.62. The monoisotopic (exact) mass is 308 g/mol. The molecule has 0 spiro atoms. The lowest BCUT2D eigenvalue weighted by Crippen LogP contribution is -2.33. The highest BCUT2D eigenvalue weighted by Crippen LogP contribution is 2.34. The van der Waals surface area contributed by atoms with Crippen molar-refractivity contribution in [3.8, 4) is 0 Å². The number of hydrogen-bond donors (Lipinski definition) is 6. The van der Waals surface area contributed by atoms with E-state index >= 15 is 0 Å². The molecule has 10 nitrogen and oxygen atoms in total. The van der Waals surface area contributed by atoms with Crippen LogP contribution in [0.15, 0.2) is 12.5 Å². The van der Waals surface area contributed by atoms with Gasteiger partial charge >= 0.3 is 0 Å². The summed E-state index contributed by atoms with van der Waals surface area (Å²) < 4.78 is 6.89. The second kappa shape index (κ2) is 5.18. The van der Waals surface area contributed by atoms with Gasteiger partial charge in [0.05, 0.1) is 12.0 Å². The van der Waals surface area contributed by atoms with Crippen LogP contribution in [0.4, 0.5) is 5.82 Å². The lowest BCUT2D eigenvalue weighted by molar-refractivity contribution is -0.0508.